The fraction of sp³-hybridized carbons (Fsp3) is 0.167. The van der Waals surface area contributed by atoms with Crippen LogP contribution >= 0.6 is 0 Å². The number of benzene rings is 1. The van der Waals surface area contributed by atoms with E-state index >= 15 is 0 Å². The van der Waals surface area contributed by atoms with Crippen LogP contribution < -0.4 is 11.1 Å². The molecule has 0 radical (unpaired) electrons. The Kier molecular flexibility index (Phi) is 4.90. The molecule has 7 heteroatoms. The summed E-state index contributed by atoms with van der Waals surface area (Å²) in [5.41, 5.74) is 7.65. The lowest BCUT2D eigenvalue weighted by Gasteiger charge is -2.04. The molecule has 3 N–H and O–H groups in total. The first kappa shape index (κ1) is 16.5. The van der Waals surface area contributed by atoms with E-state index in [1.807, 2.05) is 18.2 Å². The standard InChI is InChI=1S/C18H17FN6/c19-13-6-8-14(9-7-13)25-18(21)15(12-20)16(24-25)4-3-11-23-17-5-1-2-10-22-17/h1-2,5-10H,3-4,11,21H2,(H,22,23). The van der Waals surface area contributed by atoms with Crippen molar-refractivity contribution in [1.82, 2.24) is 14.8 Å². The van der Waals surface area contributed by atoms with Gasteiger partial charge in [-0.1, -0.05) is 6.07 Å². The molecule has 25 heavy (non-hydrogen) atoms. The number of nitrogens with two attached hydrogens (primary N) is 1. The molecule has 0 aliphatic carbocycles. The van der Waals surface area contributed by atoms with Crippen molar-refractivity contribution in [2.24, 2.45) is 0 Å². The number of hydrogen-bond donors (Lipinski definition) is 2. The molecule has 3 aromatic rings. The highest BCUT2D eigenvalue weighted by atomic mass is 19.1. The number of nitrogen functional groups attached to an aromatic ring is 1. The zero-order chi connectivity index (χ0) is 17.6. The number of nitriles is 1. The molecular weight excluding hydrogens is 319 g/mol. The van der Waals surface area contributed by atoms with Crippen molar-refractivity contribution in [2.45, 2.75) is 12.8 Å². The van der Waals surface area contributed by atoms with E-state index in [2.05, 4.69) is 21.5 Å². The van der Waals surface area contributed by atoms with E-state index in [0.29, 0.717) is 29.9 Å². The molecule has 0 fully saturated rings. The second-order valence-corrected chi connectivity index (χ2v) is 5.45. The lowest BCUT2D eigenvalue weighted by molar-refractivity contribution is 0.627. The first-order valence-corrected chi connectivity index (χ1v) is 7.87. The van der Waals surface area contributed by atoms with E-state index in [1.54, 1.807) is 18.3 Å². The molecule has 0 aliphatic rings. The smallest absolute Gasteiger partial charge is 0.145 e. The highest BCUT2D eigenvalue weighted by Crippen LogP contribution is 2.21. The van der Waals surface area contributed by atoms with Gasteiger partial charge in [0.2, 0.25) is 0 Å². The van der Waals surface area contributed by atoms with Gasteiger partial charge < -0.3 is 11.1 Å². The lowest BCUT2D eigenvalue weighted by Crippen LogP contribution is -2.05. The topological polar surface area (TPSA) is 92.5 Å². The molecule has 0 saturated carbocycles. The van der Waals surface area contributed by atoms with E-state index in [9.17, 15) is 9.65 Å². The van der Waals surface area contributed by atoms with Gasteiger partial charge in [-0.05, 0) is 49.2 Å². The van der Waals surface area contributed by atoms with E-state index in [4.69, 9.17) is 5.73 Å². The van der Waals surface area contributed by atoms with Gasteiger partial charge >= 0.3 is 0 Å². The minimum atomic E-state index is -0.337. The van der Waals surface area contributed by atoms with Crippen LogP contribution in [0.25, 0.3) is 5.69 Å². The van der Waals surface area contributed by atoms with Crippen LogP contribution in [0.4, 0.5) is 16.0 Å². The number of pyridine rings is 1. The maximum Gasteiger partial charge on any atom is 0.145 e. The Hall–Kier alpha value is -3.40. The minimum Gasteiger partial charge on any atom is -0.382 e. The molecule has 0 saturated heterocycles. The summed E-state index contributed by atoms with van der Waals surface area (Å²) in [5.74, 6) is 0.733. The van der Waals surface area contributed by atoms with Gasteiger partial charge in [0.05, 0.1) is 11.4 Å². The van der Waals surface area contributed by atoms with Gasteiger partial charge in [0.25, 0.3) is 0 Å². The Balaban J connectivity index is 1.70. The first-order valence-electron chi connectivity index (χ1n) is 7.87. The zero-order valence-corrected chi connectivity index (χ0v) is 13.5. The van der Waals surface area contributed by atoms with Gasteiger partial charge in [0.15, 0.2) is 0 Å². The SMILES string of the molecule is N#Cc1c(CCCNc2ccccn2)nn(-c2ccc(F)cc2)c1N. The summed E-state index contributed by atoms with van der Waals surface area (Å²) in [7, 11) is 0. The molecule has 1 aromatic carbocycles. The average molecular weight is 336 g/mol. The number of nitrogens with zero attached hydrogens (tertiary/aromatic N) is 4. The van der Waals surface area contributed by atoms with Crippen LogP contribution in [-0.4, -0.2) is 21.3 Å². The summed E-state index contributed by atoms with van der Waals surface area (Å²) in [4.78, 5) is 4.19. The molecule has 2 heterocycles. The van der Waals surface area contributed by atoms with E-state index in [-0.39, 0.29) is 11.6 Å². The third-order valence-electron chi connectivity index (χ3n) is 3.74. The van der Waals surface area contributed by atoms with Crippen LogP contribution in [0.5, 0.6) is 0 Å². The van der Waals surface area contributed by atoms with Crippen LogP contribution in [0.15, 0.2) is 48.7 Å². The fourth-order valence-electron chi connectivity index (χ4n) is 2.49. The Morgan fingerprint density at radius 1 is 1.20 bits per heavy atom. The van der Waals surface area contributed by atoms with Crippen LogP contribution in [0.1, 0.15) is 17.7 Å². The average Bonchev–Trinajstić information content (AvgIpc) is 2.96. The first-order chi connectivity index (χ1) is 12.2. The molecular formula is C18H17FN6. The highest BCUT2D eigenvalue weighted by molar-refractivity contribution is 5.56. The zero-order valence-electron chi connectivity index (χ0n) is 13.5. The van der Waals surface area contributed by atoms with Gasteiger partial charge in [-0.3, -0.25) is 0 Å². The van der Waals surface area contributed by atoms with Gasteiger partial charge in [0.1, 0.15) is 29.1 Å². The summed E-state index contributed by atoms with van der Waals surface area (Å²) < 4.78 is 14.5. The van der Waals surface area contributed by atoms with E-state index < -0.39 is 0 Å². The predicted octanol–water partition coefficient (Wildman–Crippen LogP) is 2.90. The van der Waals surface area contributed by atoms with Crippen molar-refractivity contribution in [3.8, 4) is 11.8 Å². The van der Waals surface area contributed by atoms with Crippen LogP contribution in [-0.2, 0) is 6.42 Å². The molecule has 0 amide bonds. The number of aromatic nitrogens is 3. The maximum absolute atomic E-state index is 13.1. The summed E-state index contributed by atoms with van der Waals surface area (Å²) in [5, 5.41) is 17.0. The number of rotatable bonds is 6. The minimum absolute atomic E-state index is 0.266. The number of nitrogens with one attached hydrogen (secondary N) is 1. The number of halogens is 1. The molecule has 0 unspecified atom stereocenters. The summed E-state index contributed by atoms with van der Waals surface area (Å²) in [6, 6.07) is 13.6. The van der Waals surface area contributed by atoms with Gasteiger partial charge in [-0.2, -0.15) is 10.4 Å². The predicted molar refractivity (Wildman–Crippen MR) is 93.7 cm³/mol. The van der Waals surface area contributed by atoms with Crippen molar-refractivity contribution in [2.75, 3.05) is 17.6 Å². The number of aryl methyl sites for hydroxylation is 1. The molecule has 3 rings (SSSR count). The Morgan fingerprint density at radius 2 is 2.00 bits per heavy atom. The largest absolute Gasteiger partial charge is 0.382 e. The fourth-order valence-corrected chi connectivity index (χ4v) is 2.49. The monoisotopic (exact) mass is 336 g/mol. The maximum atomic E-state index is 13.1. The molecule has 0 bridgehead atoms. The third-order valence-corrected chi connectivity index (χ3v) is 3.74. The number of hydrogen-bond acceptors (Lipinski definition) is 5. The van der Waals surface area contributed by atoms with Crippen LogP contribution in [0.2, 0.25) is 0 Å². The van der Waals surface area contributed by atoms with Gasteiger partial charge in [-0.15, -0.1) is 0 Å². The number of anilines is 2. The molecule has 0 atom stereocenters. The molecule has 126 valence electrons. The van der Waals surface area contributed by atoms with E-state index in [1.165, 1.54) is 16.8 Å². The normalized spacial score (nSPS) is 10.4. The Labute approximate surface area is 144 Å². The van der Waals surface area contributed by atoms with Gasteiger partial charge in [0, 0.05) is 12.7 Å². The Bertz CT molecular complexity index is 880. The third kappa shape index (κ3) is 3.75. The van der Waals surface area contributed by atoms with Crippen molar-refractivity contribution in [1.29, 1.82) is 5.26 Å². The van der Waals surface area contributed by atoms with Crippen LogP contribution in [0, 0.1) is 17.1 Å². The highest BCUT2D eigenvalue weighted by Gasteiger charge is 2.16. The van der Waals surface area contributed by atoms with Crippen molar-refractivity contribution < 1.29 is 4.39 Å². The quantitative estimate of drug-likeness (QED) is 0.675. The summed E-state index contributed by atoms with van der Waals surface area (Å²) >= 11 is 0. The second kappa shape index (κ2) is 7.45. The van der Waals surface area contributed by atoms with Crippen molar-refractivity contribution in [3.05, 3.63) is 65.7 Å². The van der Waals surface area contributed by atoms with Crippen molar-refractivity contribution in [3.63, 3.8) is 0 Å². The molecule has 0 aliphatic heterocycles. The lowest BCUT2D eigenvalue weighted by atomic mass is 10.1. The molecule has 0 spiro atoms. The Morgan fingerprint density at radius 3 is 2.68 bits per heavy atom. The summed E-state index contributed by atoms with van der Waals surface area (Å²) in [6.45, 7) is 0.700. The van der Waals surface area contributed by atoms with Crippen molar-refractivity contribution >= 4 is 11.6 Å². The van der Waals surface area contributed by atoms with Gasteiger partial charge in [-0.25, -0.2) is 14.1 Å². The van der Waals surface area contributed by atoms with Crippen LogP contribution in [0.3, 0.4) is 0 Å². The second-order valence-electron chi connectivity index (χ2n) is 5.45. The summed E-state index contributed by atoms with van der Waals surface area (Å²) in [6.07, 6.45) is 3.09. The van der Waals surface area contributed by atoms with E-state index in [0.717, 1.165) is 12.2 Å². The molecule has 2 aromatic heterocycles. The molecule has 6 nitrogen and oxygen atoms in total.